The van der Waals surface area contributed by atoms with Crippen molar-refractivity contribution in [1.82, 2.24) is 5.32 Å². The van der Waals surface area contributed by atoms with Gasteiger partial charge in [0.15, 0.2) is 9.84 Å². The lowest BCUT2D eigenvalue weighted by atomic mass is 10.0. The summed E-state index contributed by atoms with van der Waals surface area (Å²) in [6, 6.07) is 0.429. The van der Waals surface area contributed by atoms with Gasteiger partial charge in [-0.2, -0.15) is 0 Å². The molecule has 0 spiro atoms. The third-order valence-electron chi connectivity index (χ3n) is 3.33. The summed E-state index contributed by atoms with van der Waals surface area (Å²) >= 11 is 0. The molecule has 1 heterocycles. The molecule has 1 fully saturated rings. The highest BCUT2D eigenvalue weighted by Gasteiger charge is 2.30. The van der Waals surface area contributed by atoms with E-state index in [9.17, 15) is 8.42 Å². The molecule has 0 bridgehead atoms. The molecule has 0 aromatic carbocycles. The molecule has 0 radical (unpaired) electrons. The number of hydrogen-bond donors (Lipinski definition) is 1. The van der Waals surface area contributed by atoms with Crippen LogP contribution in [-0.4, -0.2) is 32.0 Å². The summed E-state index contributed by atoms with van der Waals surface area (Å²) in [6.07, 6.45) is 4.01. The molecule has 0 amide bonds. The summed E-state index contributed by atoms with van der Waals surface area (Å²) in [4.78, 5) is 0. The Morgan fingerprint density at radius 2 is 1.94 bits per heavy atom. The van der Waals surface area contributed by atoms with Crippen molar-refractivity contribution in [3.05, 3.63) is 0 Å². The smallest absolute Gasteiger partial charge is 0.154 e. The van der Waals surface area contributed by atoms with Gasteiger partial charge in [-0.25, -0.2) is 8.42 Å². The lowest BCUT2D eigenvalue weighted by Crippen LogP contribution is -2.36. The molecule has 0 aromatic heterocycles. The predicted octanol–water partition coefficient (Wildman–Crippen LogP) is 1.98. The van der Waals surface area contributed by atoms with Crippen LogP contribution < -0.4 is 5.32 Å². The molecule has 2 atom stereocenters. The lowest BCUT2D eigenvalue weighted by molar-refractivity contribution is 0.447. The average molecular weight is 247 g/mol. The molecule has 0 aliphatic carbocycles. The molecule has 1 rings (SSSR count). The maximum Gasteiger partial charge on any atom is 0.154 e. The van der Waals surface area contributed by atoms with Gasteiger partial charge in [0.05, 0.1) is 11.0 Å². The van der Waals surface area contributed by atoms with E-state index in [-0.39, 0.29) is 5.25 Å². The second-order valence-electron chi connectivity index (χ2n) is 5.41. The molecule has 1 N–H and O–H groups in total. The van der Waals surface area contributed by atoms with E-state index in [0.717, 1.165) is 25.2 Å². The summed E-state index contributed by atoms with van der Waals surface area (Å²) < 4.78 is 23.2. The Morgan fingerprint density at radius 3 is 2.44 bits per heavy atom. The van der Waals surface area contributed by atoms with Gasteiger partial charge in [-0.15, -0.1) is 0 Å². The molecular formula is C12H25NO2S. The number of nitrogens with one attached hydrogen (secondary N) is 1. The first-order valence-corrected chi connectivity index (χ1v) is 8.08. The van der Waals surface area contributed by atoms with E-state index in [4.69, 9.17) is 0 Å². The molecule has 0 aromatic rings. The summed E-state index contributed by atoms with van der Waals surface area (Å²) in [6.45, 7) is 7.22. The molecule has 2 unspecified atom stereocenters. The van der Waals surface area contributed by atoms with Crippen molar-refractivity contribution in [1.29, 1.82) is 0 Å². The highest BCUT2D eigenvalue weighted by Crippen LogP contribution is 2.19. The third-order valence-corrected chi connectivity index (χ3v) is 5.61. The summed E-state index contributed by atoms with van der Waals surface area (Å²) in [7, 11) is -2.78. The van der Waals surface area contributed by atoms with E-state index in [2.05, 4.69) is 26.1 Å². The maximum absolute atomic E-state index is 11.6. The fourth-order valence-corrected chi connectivity index (χ4v) is 3.88. The molecule has 3 nitrogen and oxygen atoms in total. The predicted molar refractivity (Wildman–Crippen MR) is 68.3 cm³/mol. The molecule has 1 aliphatic heterocycles. The fourth-order valence-electron chi connectivity index (χ4n) is 2.11. The Bertz CT molecular complexity index is 298. The van der Waals surface area contributed by atoms with Crippen LogP contribution in [0.3, 0.4) is 0 Å². The van der Waals surface area contributed by atoms with E-state index in [0.29, 0.717) is 18.3 Å². The Labute approximate surface area is 99.9 Å². The van der Waals surface area contributed by atoms with E-state index in [1.165, 1.54) is 6.42 Å². The standard InChI is InChI=1S/C12H25NO2S/c1-10(2)6-7-11(3)13-9-12-5-4-8-16(12,14)15/h10-13H,4-9H2,1-3H3. The van der Waals surface area contributed by atoms with Crippen LogP contribution in [0.2, 0.25) is 0 Å². The maximum atomic E-state index is 11.6. The topological polar surface area (TPSA) is 46.2 Å². The summed E-state index contributed by atoms with van der Waals surface area (Å²) in [5.41, 5.74) is 0. The van der Waals surface area contributed by atoms with E-state index >= 15 is 0 Å². The van der Waals surface area contributed by atoms with Crippen LogP contribution in [-0.2, 0) is 9.84 Å². The van der Waals surface area contributed by atoms with Crippen molar-refractivity contribution in [2.45, 2.75) is 57.7 Å². The monoisotopic (exact) mass is 247 g/mol. The van der Waals surface area contributed by atoms with Crippen LogP contribution in [0.4, 0.5) is 0 Å². The Balaban J connectivity index is 2.24. The molecular weight excluding hydrogens is 222 g/mol. The normalized spacial score (nSPS) is 26.1. The minimum atomic E-state index is -2.78. The minimum Gasteiger partial charge on any atom is -0.313 e. The zero-order valence-corrected chi connectivity index (χ0v) is 11.5. The van der Waals surface area contributed by atoms with E-state index in [1.54, 1.807) is 0 Å². The van der Waals surface area contributed by atoms with E-state index in [1.807, 2.05) is 0 Å². The molecule has 4 heteroatoms. The first-order valence-electron chi connectivity index (χ1n) is 6.36. The average Bonchev–Trinajstić information content (AvgIpc) is 2.51. The highest BCUT2D eigenvalue weighted by atomic mass is 32.2. The molecule has 96 valence electrons. The van der Waals surface area contributed by atoms with Crippen LogP contribution >= 0.6 is 0 Å². The zero-order valence-electron chi connectivity index (χ0n) is 10.7. The third kappa shape index (κ3) is 4.42. The van der Waals surface area contributed by atoms with Crippen molar-refractivity contribution in [3.63, 3.8) is 0 Å². The fraction of sp³-hybridized carbons (Fsp3) is 1.00. The van der Waals surface area contributed by atoms with Gasteiger partial charge in [-0.05, 0) is 38.5 Å². The van der Waals surface area contributed by atoms with Crippen molar-refractivity contribution in [2.24, 2.45) is 5.92 Å². The van der Waals surface area contributed by atoms with Crippen molar-refractivity contribution < 1.29 is 8.42 Å². The molecule has 1 aliphatic rings. The van der Waals surface area contributed by atoms with Crippen molar-refractivity contribution >= 4 is 9.84 Å². The van der Waals surface area contributed by atoms with Crippen molar-refractivity contribution in [2.75, 3.05) is 12.3 Å². The van der Waals surface area contributed by atoms with Gasteiger partial charge in [-0.3, -0.25) is 0 Å². The van der Waals surface area contributed by atoms with Gasteiger partial charge in [0.1, 0.15) is 0 Å². The summed E-state index contributed by atoms with van der Waals surface area (Å²) in [5, 5.41) is 3.23. The quantitative estimate of drug-likeness (QED) is 0.780. The second kappa shape index (κ2) is 6.01. The number of sulfone groups is 1. The molecule has 1 saturated heterocycles. The number of hydrogen-bond acceptors (Lipinski definition) is 3. The van der Waals surface area contributed by atoms with Gasteiger partial charge in [0.25, 0.3) is 0 Å². The summed E-state index contributed by atoms with van der Waals surface area (Å²) in [5.74, 6) is 1.11. The van der Waals surface area contributed by atoms with Gasteiger partial charge < -0.3 is 5.32 Å². The van der Waals surface area contributed by atoms with Crippen molar-refractivity contribution in [3.8, 4) is 0 Å². The van der Waals surface area contributed by atoms with Crippen LogP contribution in [0.15, 0.2) is 0 Å². The van der Waals surface area contributed by atoms with Gasteiger partial charge >= 0.3 is 0 Å². The van der Waals surface area contributed by atoms with Crippen LogP contribution in [0.1, 0.15) is 46.5 Å². The first kappa shape index (κ1) is 14.0. The SMILES string of the molecule is CC(C)CCC(C)NCC1CCCS1(=O)=O. The molecule has 16 heavy (non-hydrogen) atoms. The van der Waals surface area contributed by atoms with Crippen LogP contribution in [0, 0.1) is 5.92 Å². The van der Waals surface area contributed by atoms with Crippen LogP contribution in [0.25, 0.3) is 0 Å². The largest absolute Gasteiger partial charge is 0.313 e. The lowest BCUT2D eigenvalue weighted by Gasteiger charge is -2.17. The highest BCUT2D eigenvalue weighted by molar-refractivity contribution is 7.92. The number of rotatable bonds is 6. The van der Waals surface area contributed by atoms with Gasteiger partial charge in [-0.1, -0.05) is 13.8 Å². The van der Waals surface area contributed by atoms with Gasteiger partial charge in [0, 0.05) is 12.6 Å². The molecule has 0 saturated carbocycles. The Hall–Kier alpha value is -0.0900. The Kier molecular flexibility index (Phi) is 5.25. The minimum absolute atomic E-state index is 0.131. The van der Waals surface area contributed by atoms with E-state index < -0.39 is 9.84 Å². The Morgan fingerprint density at radius 1 is 1.25 bits per heavy atom. The zero-order chi connectivity index (χ0) is 12.2. The second-order valence-corrected chi connectivity index (χ2v) is 7.81. The van der Waals surface area contributed by atoms with Crippen LogP contribution in [0.5, 0.6) is 0 Å². The first-order chi connectivity index (χ1) is 7.42. The van der Waals surface area contributed by atoms with Gasteiger partial charge in [0.2, 0.25) is 0 Å².